The van der Waals surface area contributed by atoms with E-state index in [2.05, 4.69) is 26.6 Å². The molecule has 0 saturated carbocycles. The van der Waals surface area contributed by atoms with Crippen molar-refractivity contribution in [2.24, 2.45) is 0 Å². The molecule has 0 atom stereocenters. The Morgan fingerprint density at radius 3 is 2.71 bits per heavy atom. The number of urea groups is 1. The highest BCUT2D eigenvalue weighted by Gasteiger charge is 2.04. The Morgan fingerprint density at radius 2 is 1.95 bits per heavy atom. The lowest BCUT2D eigenvalue weighted by molar-refractivity contribution is 0.255. The van der Waals surface area contributed by atoms with Gasteiger partial charge in [0.15, 0.2) is 0 Å². The van der Waals surface area contributed by atoms with Gasteiger partial charge in [-0.15, -0.1) is 0 Å². The molecule has 21 heavy (non-hydrogen) atoms. The Bertz CT molecular complexity index is 689. The third kappa shape index (κ3) is 5.08. The van der Waals surface area contributed by atoms with E-state index in [1.54, 1.807) is 30.5 Å². The van der Waals surface area contributed by atoms with Crippen LogP contribution in [0, 0.1) is 0 Å². The van der Waals surface area contributed by atoms with E-state index < -0.39 is 6.03 Å². The molecule has 0 bridgehead atoms. The Balaban J connectivity index is 1.94. The summed E-state index contributed by atoms with van der Waals surface area (Å²) in [6.07, 6.45) is 3.33. The third-order valence-electron chi connectivity index (χ3n) is 2.52. The molecule has 0 spiro atoms. The summed E-state index contributed by atoms with van der Waals surface area (Å²) in [4.78, 5) is 11.7. The zero-order valence-corrected chi connectivity index (χ0v) is 13.8. The molecule has 2 aromatic carbocycles. The minimum Gasteiger partial charge on any atom is -0.314 e. The van der Waals surface area contributed by atoms with Gasteiger partial charge in [-0.05, 0) is 42.0 Å². The Hall–Kier alpha value is -1.49. The molecule has 0 aliphatic heterocycles. The van der Waals surface area contributed by atoms with Crippen LogP contribution in [0.25, 0.3) is 6.08 Å². The number of anilines is 1. The van der Waals surface area contributed by atoms with E-state index >= 15 is 0 Å². The summed E-state index contributed by atoms with van der Waals surface area (Å²) in [5.74, 6) is 0. The van der Waals surface area contributed by atoms with Crippen LogP contribution in [0.15, 0.2) is 53.1 Å². The van der Waals surface area contributed by atoms with Gasteiger partial charge in [0.05, 0.1) is 10.7 Å². The number of amides is 2. The smallest absolute Gasteiger partial charge is 0.314 e. The molecule has 0 heterocycles. The van der Waals surface area contributed by atoms with Crippen molar-refractivity contribution in [3.63, 3.8) is 0 Å². The predicted octanol–water partition coefficient (Wildman–Crippen LogP) is 5.55. The number of hydrogen-bond donors (Lipinski definition) is 2. The van der Waals surface area contributed by atoms with Crippen molar-refractivity contribution in [1.29, 1.82) is 0 Å². The minimum atomic E-state index is -0.398. The van der Waals surface area contributed by atoms with Crippen LogP contribution in [-0.2, 0) is 0 Å². The lowest BCUT2D eigenvalue weighted by Gasteiger charge is -2.07. The van der Waals surface area contributed by atoms with Gasteiger partial charge in [0.1, 0.15) is 0 Å². The summed E-state index contributed by atoms with van der Waals surface area (Å²) in [6, 6.07) is 12.2. The fraction of sp³-hybridized carbons (Fsp3) is 0. The summed E-state index contributed by atoms with van der Waals surface area (Å²) in [5.41, 5.74) is 1.42. The van der Waals surface area contributed by atoms with E-state index in [4.69, 9.17) is 23.2 Å². The second-order valence-electron chi connectivity index (χ2n) is 4.11. The molecule has 0 radical (unpaired) electrons. The molecule has 0 aromatic heterocycles. The Kier molecular flexibility index (Phi) is 5.67. The molecule has 0 aliphatic carbocycles. The average Bonchev–Trinajstić information content (AvgIpc) is 2.43. The highest BCUT2D eigenvalue weighted by molar-refractivity contribution is 9.10. The van der Waals surface area contributed by atoms with Crippen LogP contribution in [0.1, 0.15) is 5.56 Å². The summed E-state index contributed by atoms with van der Waals surface area (Å²) < 4.78 is 0.972. The molecule has 108 valence electrons. The maximum atomic E-state index is 11.7. The standard InChI is InChI=1S/C15H11BrCl2N2O/c16-11-3-1-2-10(8-11)6-7-19-15(21)20-14-9-12(17)4-5-13(14)18/h1-9H,(H2,19,20,21)/b7-6+. The number of benzene rings is 2. The summed E-state index contributed by atoms with van der Waals surface area (Å²) in [6.45, 7) is 0. The first-order valence-corrected chi connectivity index (χ1v) is 7.54. The molecule has 2 aromatic rings. The van der Waals surface area contributed by atoms with Gasteiger partial charge in [0.25, 0.3) is 0 Å². The lowest BCUT2D eigenvalue weighted by atomic mass is 10.2. The summed E-state index contributed by atoms with van der Waals surface area (Å²) in [5, 5.41) is 6.14. The lowest BCUT2D eigenvalue weighted by Crippen LogP contribution is -2.23. The predicted molar refractivity (Wildman–Crippen MR) is 91.8 cm³/mol. The van der Waals surface area contributed by atoms with E-state index in [0.29, 0.717) is 15.7 Å². The topological polar surface area (TPSA) is 41.1 Å². The fourth-order valence-corrected chi connectivity index (χ4v) is 2.33. The molecule has 2 amide bonds. The number of nitrogens with one attached hydrogen (secondary N) is 2. The van der Waals surface area contributed by atoms with E-state index in [0.717, 1.165) is 10.0 Å². The quantitative estimate of drug-likeness (QED) is 0.714. The number of rotatable bonds is 3. The van der Waals surface area contributed by atoms with Crippen molar-refractivity contribution < 1.29 is 4.79 Å². The van der Waals surface area contributed by atoms with Crippen molar-refractivity contribution in [1.82, 2.24) is 5.32 Å². The van der Waals surface area contributed by atoms with Crippen LogP contribution in [0.5, 0.6) is 0 Å². The number of hydrogen-bond acceptors (Lipinski definition) is 1. The van der Waals surface area contributed by atoms with E-state index in [9.17, 15) is 4.79 Å². The largest absolute Gasteiger partial charge is 0.323 e. The first-order valence-electron chi connectivity index (χ1n) is 5.99. The van der Waals surface area contributed by atoms with Gasteiger partial charge in [0, 0.05) is 15.7 Å². The molecule has 6 heteroatoms. The van der Waals surface area contributed by atoms with Crippen molar-refractivity contribution in [2.75, 3.05) is 5.32 Å². The normalized spacial score (nSPS) is 10.6. The summed E-state index contributed by atoms with van der Waals surface area (Å²) in [7, 11) is 0. The Morgan fingerprint density at radius 1 is 1.14 bits per heavy atom. The first-order chi connectivity index (χ1) is 10.0. The first kappa shape index (κ1) is 15.9. The SMILES string of the molecule is O=C(N/C=C/c1cccc(Br)c1)Nc1cc(Cl)ccc1Cl. The van der Waals surface area contributed by atoms with Crippen LogP contribution >= 0.6 is 39.1 Å². The summed E-state index contributed by atoms with van der Waals surface area (Å²) >= 11 is 15.2. The van der Waals surface area contributed by atoms with Gasteiger partial charge in [-0.3, -0.25) is 0 Å². The molecule has 0 saturated heterocycles. The fourth-order valence-electron chi connectivity index (χ4n) is 1.58. The van der Waals surface area contributed by atoms with E-state index in [1.807, 2.05) is 24.3 Å². The number of carbonyl (C=O) groups is 1. The number of carbonyl (C=O) groups excluding carboxylic acids is 1. The maximum Gasteiger partial charge on any atom is 0.323 e. The highest BCUT2D eigenvalue weighted by Crippen LogP contribution is 2.25. The van der Waals surface area contributed by atoms with Crippen molar-refractivity contribution in [2.45, 2.75) is 0 Å². The van der Waals surface area contributed by atoms with Gasteiger partial charge < -0.3 is 10.6 Å². The van der Waals surface area contributed by atoms with Crippen molar-refractivity contribution in [3.05, 3.63) is 68.7 Å². The highest BCUT2D eigenvalue weighted by atomic mass is 79.9. The van der Waals surface area contributed by atoms with Crippen LogP contribution in [0.3, 0.4) is 0 Å². The van der Waals surface area contributed by atoms with Gasteiger partial charge in [-0.25, -0.2) is 4.79 Å². The zero-order chi connectivity index (χ0) is 15.2. The van der Waals surface area contributed by atoms with Crippen LogP contribution in [0.4, 0.5) is 10.5 Å². The maximum absolute atomic E-state index is 11.7. The molecule has 0 fully saturated rings. The molecular weight excluding hydrogens is 375 g/mol. The third-order valence-corrected chi connectivity index (χ3v) is 3.57. The number of halogens is 3. The molecule has 0 aliphatic rings. The Labute approximate surface area is 141 Å². The van der Waals surface area contributed by atoms with Crippen molar-refractivity contribution in [3.8, 4) is 0 Å². The van der Waals surface area contributed by atoms with Crippen LogP contribution in [-0.4, -0.2) is 6.03 Å². The van der Waals surface area contributed by atoms with Gasteiger partial charge >= 0.3 is 6.03 Å². The zero-order valence-electron chi connectivity index (χ0n) is 10.7. The molecule has 3 nitrogen and oxygen atoms in total. The van der Waals surface area contributed by atoms with Crippen LogP contribution in [0.2, 0.25) is 10.0 Å². The van der Waals surface area contributed by atoms with Gasteiger partial charge in [-0.2, -0.15) is 0 Å². The average molecular weight is 386 g/mol. The second kappa shape index (κ2) is 7.50. The van der Waals surface area contributed by atoms with E-state index in [-0.39, 0.29) is 0 Å². The molecule has 2 rings (SSSR count). The second-order valence-corrected chi connectivity index (χ2v) is 5.87. The van der Waals surface area contributed by atoms with Gasteiger partial charge in [0.2, 0.25) is 0 Å². The molecule has 2 N–H and O–H groups in total. The monoisotopic (exact) mass is 384 g/mol. The van der Waals surface area contributed by atoms with Crippen molar-refractivity contribution >= 4 is 56.9 Å². The van der Waals surface area contributed by atoms with E-state index in [1.165, 1.54) is 0 Å². The minimum absolute atomic E-state index is 0.398. The molecule has 0 unspecified atom stereocenters. The van der Waals surface area contributed by atoms with Crippen LogP contribution < -0.4 is 10.6 Å². The molecular formula is C15H11BrCl2N2O. The van der Waals surface area contributed by atoms with Gasteiger partial charge in [-0.1, -0.05) is 51.3 Å².